The number of carbonyl (C=O) groups is 1. The monoisotopic (exact) mass is 265 g/mol. The van der Waals surface area contributed by atoms with E-state index in [9.17, 15) is 14.9 Å². The quantitative estimate of drug-likeness (QED) is 0.415. The minimum atomic E-state index is -0.616. The Morgan fingerprint density at radius 1 is 1.47 bits per heavy atom. The molecule has 0 atom stereocenters. The second-order valence-corrected chi connectivity index (χ2v) is 3.65. The third-order valence-corrected chi connectivity index (χ3v) is 2.28. The number of oxazole rings is 1. The van der Waals surface area contributed by atoms with Crippen LogP contribution in [0.15, 0.2) is 22.6 Å². The van der Waals surface area contributed by atoms with E-state index in [1.807, 2.05) is 0 Å². The first-order valence-corrected chi connectivity index (χ1v) is 5.38. The number of hydrogen-bond donors (Lipinski definition) is 3. The zero-order chi connectivity index (χ0) is 13.8. The molecule has 0 spiro atoms. The van der Waals surface area contributed by atoms with Gasteiger partial charge in [-0.25, -0.2) is 4.79 Å². The Labute approximate surface area is 106 Å². The number of non-ortho nitro benzene ring substituents is 1. The lowest BCUT2D eigenvalue weighted by Gasteiger charge is -2.01. The summed E-state index contributed by atoms with van der Waals surface area (Å²) in [6, 6.07) is 3.76. The molecule has 2 aromatic rings. The van der Waals surface area contributed by atoms with Crippen LogP contribution >= 0.6 is 0 Å². The number of anilines is 1. The van der Waals surface area contributed by atoms with Gasteiger partial charge < -0.3 is 20.8 Å². The average molecular weight is 265 g/mol. The van der Waals surface area contributed by atoms with E-state index in [4.69, 9.17) is 10.2 Å². The zero-order valence-electron chi connectivity index (χ0n) is 9.75. The van der Waals surface area contributed by atoms with Gasteiger partial charge in [0.25, 0.3) is 11.7 Å². The third kappa shape index (κ3) is 3.09. The average Bonchev–Trinajstić information content (AvgIpc) is 2.75. The van der Waals surface area contributed by atoms with Gasteiger partial charge in [-0.2, -0.15) is 4.98 Å². The SMILES string of the molecule is NC(=O)NCCNc1nc2ccc([N+](=O)[O-])cc2o1. The molecule has 2 rings (SSSR count). The van der Waals surface area contributed by atoms with Crippen molar-refractivity contribution in [2.24, 2.45) is 5.73 Å². The van der Waals surface area contributed by atoms with Crippen molar-refractivity contribution in [1.29, 1.82) is 0 Å². The molecule has 0 bridgehead atoms. The molecule has 2 amide bonds. The van der Waals surface area contributed by atoms with Gasteiger partial charge in [0.1, 0.15) is 5.52 Å². The molecule has 0 fully saturated rings. The summed E-state index contributed by atoms with van der Waals surface area (Å²) in [5.41, 5.74) is 5.66. The van der Waals surface area contributed by atoms with Crippen LogP contribution < -0.4 is 16.4 Å². The topological polar surface area (TPSA) is 136 Å². The molecule has 19 heavy (non-hydrogen) atoms. The van der Waals surface area contributed by atoms with Crippen LogP contribution in [0.3, 0.4) is 0 Å². The van der Waals surface area contributed by atoms with Crippen molar-refractivity contribution in [3.8, 4) is 0 Å². The second kappa shape index (κ2) is 5.21. The van der Waals surface area contributed by atoms with Gasteiger partial charge in [-0.3, -0.25) is 10.1 Å². The number of fused-ring (bicyclic) bond motifs is 1. The fourth-order valence-electron chi connectivity index (χ4n) is 1.46. The normalized spacial score (nSPS) is 10.3. The van der Waals surface area contributed by atoms with E-state index in [1.165, 1.54) is 18.2 Å². The summed E-state index contributed by atoms with van der Waals surface area (Å²) in [4.78, 5) is 24.6. The molecule has 0 radical (unpaired) electrons. The fourth-order valence-corrected chi connectivity index (χ4v) is 1.46. The minimum Gasteiger partial charge on any atom is -0.423 e. The third-order valence-electron chi connectivity index (χ3n) is 2.28. The number of benzene rings is 1. The largest absolute Gasteiger partial charge is 0.423 e. The molecule has 1 aromatic heterocycles. The summed E-state index contributed by atoms with van der Waals surface area (Å²) >= 11 is 0. The van der Waals surface area contributed by atoms with Crippen molar-refractivity contribution in [2.45, 2.75) is 0 Å². The molecule has 0 unspecified atom stereocenters. The molecule has 0 aliphatic rings. The maximum Gasteiger partial charge on any atom is 0.312 e. The Bertz CT molecular complexity index is 623. The van der Waals surface area contributed by atoms with E-state index >= 15 is 0 Å². The zero-order valence-corrected chi connectivity index (χ0v) is 9.75. The maximum absolute atomic E-state index is 10.6. The molecule has 1 heterocycles. The highest BCUT2D eigenvalue weighted by Crippen LogP contribution is 2.23. The summed E-state index contributed by atoms with van der Waals surface area (Å²) < 4.78 is 5.30. The van der Waals surface area contributed by atoms with Gasteiger partial charge in [-0.1, -0.05) is 0 Å². The number of nitrogens with two attached hydrogens (primary N) is 1. The van der Waals surface area contributed by atoms with E-state index in [1.54, 1.807) is 0 Å². The first kappa shape index (κ1) is 12.6. The van der Waals surface area contributed by atoms with Crippen LogP contribution in [0.25, 0.3) is 11.1 Å². The van der Waals surface area contributed by atoms with Crippen LogP contribution in [0.5, 0.6) is 0 Å². The Morgan fingerprint density at radius 3 is 2.95 bits per heavy atom. The van der Waals surface area contributed by atoms with Crippen molar-refractivity contribution in [3.63, 3.8) is 0 Å². The fraction of sp³-hybridized carbons (Fsp3) is 0.200. The first-order chi connectivity index (χ1) is 9.06. The molecule has 0 aliphatic heterocycles. The number of hydrogen-bond acceptors (Lipinski definition) is 6. The van der Waals surface area contributed by atoms with Gasteiger partial charge >= 0.3 is 6.03 Å². The predicted octanol–water partition coefficient (Wildman–Crippen LogP) is 0.816. The summed E-state index contributed by atoms with van der Waals surface area (Å²) in [6.45, 7) is 0.687. The molecule has 1 aromatic carbocycles. The summed E-state index contributed by atoms with van der Waals surface area (Å²) in [7, 11) is 0. The number of carbonyl (C=O) groups excluding carboxylic acids is 1. The number of primary amides is 1. The van der Waals surface area contributed by atoms with Crippen molar-refractivity contribution in [2.75, 3.05) is 18.4 Å². The van der Waals surface area contributed by atoms with Gasteiger partial charge in [0.05, 0.1) is 11.0 Å². The highest BCUT2D eigenvalue weighted by molar-refractivity contribution is 5.77. The van der Waals surface area contributed by atoms with Crippen LogP contribution in [0, 0.1) is 10.1 Å². The Balaban J connectivity index is 2.04. The summed E-state index contributed by atoms with van der Waals surface area (Å²) in [5, 5.41) is 15.8. The van der Waals surface area contributed by atoms with Crippen molar-refractivity contribution in [3.05, 3.63) is 28.3 Å². The van der Waals surface area contributed by atoms with E-state index in [-0.39, 0.29) is 11.7 Å². The predicted molar refractivity (Wildman–Crippen MR) is 66.7 cm³/mol. The first-order valence-electron chi connectivity index (χ1n) is 5.38. The summed E-state index contributed by atoms with van der Waals surface area (Å²) in [6.07, 6.45) is 0. The molecule has 4 N–H and O–H groups in total. The van der Waals surface area contributed by atoms with E-state index in [0.29, 0.717) is 24.2 Å². The van der Waals surface area contributed by atoms with Crippen LogP contribution in [-0.4, -0.2) is 29.0 Å². The molecule has 0 aliphatic carbocycles. The molecule has 0 saturated heterocycles. The second-order valence-electron chi connectivity index (χ2n) is 3.65. The van der Waals surface area contributed by atoms with E-state index < -0.39 is 11.0 Å². The van der Waals surface area contributed by atoms with Crippen LogP contribution in [-0.2, 0) is 0 Å². The number of nitro groups is 1. The van der Waals surface area contributed by atoms with Gasteiger partial charge in [-0.05, 0) is 6.07 Å². The van der Waals surface area contributed by atoms with Gasteiger partial charge in [0.2, 0.25) is 0 Å². The van der Waals surface area contributed by atoms with Crippen LogP contribution in [0.1, 0.15) is 0 Å². The van der Waals surface area contributed by atoms with E-state index in [2.05, 4.69) is 15.6 Å². The van der Waals surface area contributed by atoms with Gasteiger partial charge in [-0.15, -0.1) is 0 Å². The number of aromatic nitrogens is 1. The minimum absolute atomic E-state index is 0.0643. The number of amides is 2. The molecule has 9 heteroatoms. The van der Waals surface area contributed by atoms with Crippen LogP contribution in [0.2, 0.25) is 0 Å². The highest BCUT2D eigenvalue weighted by atomic mass is 16.6. The Hall–Kier alpha value is -2.84. The lowest BCUT2D eigenvalue weighted by atomic mass is 10.3. The molecule has 100 valence electrons. The summed E-state index contributed by atoms with van der Waals surface area (Å²) in [5.74, 6) is 0. The number of urea groups is 1. The Morgan fingerprint density at radius 2 is 2.26 bits per heavy atom. The van der Waals surface area contributed by atoms with E-state index in [0.717, 1.165) is 0 Å². The highest BCUT2D eigenvalue weighted by Gasteiger charge is 2.11. The Kier molecular flexibility index (Phi) is 3.46. The molecule has 9 nitrogen and oxygen atoms in total. The molecule has 0 saturated carbocycles. The number of nitrogens with zero attached hydrogens (tertiary/aromatic N) is 2. The molecular weight excluding hydrogens is 254 g/mol. The number of nitrogens with one attached hydrogen (secondary N) is 2. The van der Waals surface area contributed by atoms with Crippen molar-refractivity contribution in [1.82, 2.24) is 10.3 Å². The lowest BCUT2D eigenvalue weighted by molar-refractivity contribution is -0.384. The number of rotatable bonds is 5. The lowest BCUT2D eigenvalue weighted by Crippen LogP contribution is -2.33. The maximum atomic E-state index is 10.6. The standard InChI is InChI=1S/C10H11N5O4/c11-9(16)12-3-4-13-10-14-7-2-1-6(15(17)18)5-8(7)19-10/h1-2,5H,3-4H2,(H,13,14)(H3,11,12,16). The van der Waals surface area contributed by atoms with Gasteiger partial charge in [0.15, 0.2) is 5.58 Å². The smallest absolute Gasteiger partial charge is 0.312 e. The van der Waals surface area contributed by atoms with Crippen molar-refractivity contribution < 1.29 is 14.1 Å². The van der Waals surface area contributed by atoms with Crippen LogP contribution in [0.4, 0.5) is 16.5 Å². The van der Waals surface area contributed by atoms with Crippen molar-refractivity contribution >= 4 is 28.8 Å². The molecular formula is C10H11N5O4. The van der Waals surface area contributed by atoms with Gasteiger partial charge in [0, 0.05) is 19.2 Å². The number of nitro benzene ring substituents is 1.